The smallest absolute Gasteiger partial charge is 0.134 e. The molecule has 0 unspecified atom stereocenters. The molecule has 0 saturated carbocycles. The number of nitriles is 1. The molecule has 0 aliphatic heterocycles. The molecule has 1 heterocycles. The highest BCUT2D eigenvalue weighted by Gasteiger charge is 2.32. The van der Waals surface area contributed by atoms with Crippen molar-refractivity contribution in [2.75, 3.05) is 0 Å². The van der Waals surface area contributed by atoms with Gasteiger partial charge in [0, 0.05) is 31.7 Å². The van der Waals surface area contributed by atoms with E-state index in [0.29, 0.717) is 17.5 Å². The van der Waals surface area contributed by atoms with Crippen LogP contribution in [0.2, 0.25) is 5.02 Å². The number of fused-ring (bicyclic) bond motifs is 1. The first-order valence-corrected chi connectivity index (χ1v) is 13.0. The van der Waals surface area contributed by atoms with Crippen LogP contribution in [0.4, 0.5) is 5.00 Å². The second-order valence-corrected chi connectivity index (χ2v) is 11.8. The fraction of sp³-hybridized carbons (Fsp3) is 0.333. The average Bonchev–Trinajstić information content (AvgIpc) is 3.14. The fourth-order valence-corrected chi connectivity index (χ4v) is 5.96. The monoisotopic (exact) mass is 540 g/mol. The van der Waals surface area contributed by atoms with E-state index in [-0.39, 0.29) is 5.41 Å². The molecule has 0 amide bonds. The zero-order chi connectivity index (χ0) is 23.6. The van der Waals surface area contributed by atoms with Crippen LogP contribution in [-0.2, 0) is 19.4 Å². The highest BCUT2D eigenvalue weighted by molar-refractivity contribution is 9.10. The van der Waals surface area contributed by atoms with Gasteiger partial charge in [0.15, 0.2) is 0 Å². The van der Waals surface area contributed by atoms with Crippen molar-refractivity contribution in [2.24, 2.45) is 16.3 Å². The summed E-state index contributed by atoms with van der Waals surface area (Å²) >= 11 is 11.5. The van der Waals surface area contributed by atoms with Crippen LogP contribution in [0.25, 0.3) is 0 Å². The number of benzene rings is 2. The Morgan fingerprint density at radius 3 is 2.79 bits per heavy atom. The van der Waals surface area contributed by atoms with Crippen LogP contribution in [0.15, 0.2) is 51.9 Å². The van der Waals surface area contributed by atoms with Crippen LogP contribution in [0.1, 0.15) is 54.3 Å². The van der Waals surface area contributed by atoms with Crippen molar-refractivity contribution in [3.63, 3.8) is 0 Å². The predicted molar refractivity (Wildman–Crippen MR) is 141 cm³/mol. The molecule has 0 radical (unpaired) electrons. The zero-order valence-electron chi connectivity index (χ0n) is 19.0. The molecule has 170 valence electrons. The summed E-state index contributed by atoms with van der Waals surface area (Å²) < 4.78 is 7.02. The van der Waals surface area contributed by atoms with Gasteiger partial charge < -0.3 is 4.74 Å². The van der Waals surface area contributed by atoms with Gasteiger partial charge in [0.1, 0.15) is 23.4 Å². The number of ether oxygens (including phenoxy) is 1. The molecule has 0 spiro atoms. The molecular formula is C27H26BrClN2OS. The van der Waals surface area contributed by atoms with Gasteiger partial charge in [0.25, 0.3) is 0 Å². The summed E-state index contributed by atoms with van der Waals surface area (Å²) in [7, 11) is 0. The van der Waals surface area contributed by atoms with Crippen molar-refractivity contribution in [2.45, 2.75) is 46.6 Å². The van der Waals surface area contributed by atoms with E-state index < -0.39 is 0 Å². The maximum atomic E-state index is 9.86. The molecule has 1 aliphatic carbocycles. The Balaban J connectivity index is 1.60. The van der Waals surface area contributed by atoms with E-state index >= 15 is 0 Å². The van der Waals surface area contributed by atoms with Crippen molar-refractivity contribution in [3.05, 3.63) is 79.1 Å². The van der Waals surface area contributed by atoms with Gasteiger partial charge in [0.2, 0.25) is 0 Å². The Morgan fingerprint density at radius 1 is 1.27 bits per heavy atom. The summed E-state index contributed by atoms with van der Waals surface area (Å²) in [6.45, 7) is 7.28. The lowest BCUT2D eigenvalue weighted by atomic mass is 9.72. The topological polar surface area (TPSA) is 45.4 Å². The number of halogens is 2. The first kappa shape index (κ1) is 24.0. The molecule has 3 aromatic rings. The first-order valence-electron chi connectivity index (χ1n) is 11.0. The van der Waals surface area contributed by atoms with Gasteiger partial charge in [0.05, 0.1) is 5.56 Å². The Labute approximate surface area is 213 Å². The molecule has 6 heteroatoms. The molecule has 0 N–H and O–H groups in total. The highest BCUT2D eigenvalue weighted by Crippen LogP contribution is 2.45. The summed E-state index contributed by atoms with van der Waals surface area (Å²) in [4.78, 5) is 6.07. The lowest BCUT2D eigenvalue weighted by Gasteiger charge is -2.33. The van der Waals surface area contributed by atoms with Crippen LogP contribution < -0.4 is 4.74 Å². The number of hydrogen-bond donors (Lipinski definition) is 0. The first-order chi connectivity index (χ1) is 15.8. The van der Waals surface area contributed by atoms with Crippen molar-refractivity contribution in [1.29, 1.82) is 5.26 Å². The molecule has 33 heavy (non-hydrogen) atoms. The highest BCUT2D eigenvalue weighted by atomic mass is 79.9. The lowest BCUT2D eigenvalue weighted by Crippen LogP contribution is -2.26. The molecule has 0 bridgehead atoms. The van der Waals surface area contributed by atoms with E-state index in [4.69, 9.17) is 21.3 Å². The second kappa shape index (κ2) is 10.0. The van der Waals surface area contributed by atoms with E-state index in [1.165, 1.54) is 10.4 Å². The second-order valence-electron chi connectivity index (χ2n) is 9.42. The zero-order valence-corrected chi connectivity index (χ0v) is 22.1. The van der Waals surface area contributed by atoms with Crippen LogP contribution in [-0.4, -0.2) is 6.21 Å². The van der Waals surface area contributed by atoms with Crippen LogP contribution in [0.5, 0.6) is 5.75 Å². The molecule has 1 atom stereocenters. The molecule has 2 aromatic carbocycles. The minimum atomic E-state index is 0.266. The summed E-state index contributed by atoms with van der Waals surface area (Å²) in [5.41, 5.74) is 3.96. The van der Waals surface area contributed by atoms with Gasteiger partial charge in [-0.05, 0) is 60.4 Å². The minimum Gasteiger partial charge on any atom is -0.488 e. The predicted octanol–water partition coefficient (Wildman–Crippen LogP) is 8.52. The van der Waals surface area contributed by atoms with E-state index in [1.807, 2.05) is 42.5 Å². The summed E-state index contributed by atoms with van der Waals surface area (Å²) in [5.74, 6) is 1.34. The Bertz CT molecular complexity index is 1240. The van der Waals surface area contributed by atoms with Gasteiger partial charge in [-0.1, -0.05) is 66.5 Å². The van der Waals surface area contributed by atoms with Gasteiger partial charge in [-0.15, -0.1) is 11.3 Å². The van der Waals surface area contributed by atoms with Gasteiger partial charge >= 0.3 is 0 Å². The molecule has 1 aliphatic rings. The van der Waals surface area contributed by atoms with Gasteiger partial charge in [-0.2, -0.15) is 5.26 Å². The third-order valence-corrected chi connectivity index (χ3v) is 8.24. The minimum absolute atomic E-state index is 0.266. The van der Waals surface area contributed by atoms with Gasteiger partial charge in [-0.3, -0.25) is 0 Å². The number of rotatable bonds is 5. The standard InChI is InChI=1S/C27H26BrClN2OS/c1-27(2,3)19-8-10-21-22(14-30)26(33-25(21)13-19)31-15-18-12-20(28)9-11-24(18)32-16-17-6-4-5-7-23(17)29/h4-7,9,11-12,15,19H,8,10,13,16H2,1-3H3/t19-/m0/s1. The average molecular weight is 542 g/mol. The van der Waals surface area contributed by atoms with E-state index in [0.717, 1.165) is 51.2 Å². The summed E-state index contributed by atoms with van der Waals surface area (Å²) in [6.07, 6.45) is 4.90. The SMILES string of the molecule is CC(C)(C)[C@H]1CCc2c(sc(N=Cc3cc(Br)ccc3OCc3ccccc3Cl)c2C#N)C1. The maximum absolute atomic E-state index is 9.86. The fourth-order valence-electron chi connectivity index (χ4n) is 4.17. The molecule has 0 saturated heterocycles. The third kappa shape index (κ3) is 5.51. The summed E-state index contributed by atoms with van der Waals surface area (Å²) in [5, 5.41) is 11.3. The number of nitrogens with zero attached hydrogens (tertiary/aromatic N) is 2. The van der Waals surface area contributed by atoms with Gasteiger partial charge in [-0.25, -0.2) is 4.99 Å². The van der Waals surface area contributed by atoms with Crippen molar-refractivity contribution < 1.29 is 4.74 Å². The van der Waals surface area contributed by atoms with Crippen molar-refractivity contribution in [1.82, 2.24) is 0 Å². The number of aliphatic imine (C=N–C) groups is 1. The van der Waals surface area contributed by atoms with E-state index in [9.17, 15) is 5.26 Å². The molecule has 0 fully saturated rings. The molecule has 3 nitrogen and oxygen atoms in total. The van der Waals surface area contributed by atoms with Crippen LogP contribution in [0, 0.1) is 22.7 Å². The Morgan fingerprint density at radius 2 is 2.06 bits per heavy atom. The Hall–Kier alpha value is -2.13. The molecular weight excluding hydrogens is 516 g/mol. The van der Waals surface area contributed by atoms with Crippen molar-refractivity contribution in [3.8, 4) is 11.8 Å². The van der Waals surface area contributed by atoms with Crippen LogP contribution >= 0.6 is 38.9 Å². The Kier molecular flexibility index (Phi) is 7.28. The molecule has 4 rings (SSSR count). The number of hydrogen-bond acceptors (Lipinski definition) is 4. The summed E-state index contributed by atoms with van der Waals surface area (Å²) in [6, 6.07) is 15.9. The van der Waals surface area contributed by atoms with E-state index in [2.05, 4.69) is 42.8 Å². The molecule has 1 aromatic heterocycles. The third-order valence-electron chi connectivity index (χ3n) is 6.22. The largest absolute Gasteiger partial charge is 0.488 e. The van der Waals surface area contributed by atoms with Crippen molar-refractivity contribution >= 4 is 50.1 Å². The number of thiophene rings is 1. The normalized spacial score (nSPS) is 15.9. The quantitative estimate of drug-likeness (QED) is 0.304. The lowest BCUT2D eigenvalue weighted by molar-refractivity contribution is 0.218. The van der Waals surface area contributed by atoms with Crippen LogP contribution in [0.3, 0.4) is 0 Å². The maximum Gasteiger partial charge on any atom is 0.134 e. The van der Waals surface area contributed by atoms with E-state index in [1.54, 1.807) is 17.6 Å².